The molecule has 1 heterocycles. The quantitative estimate of drug-likeness (QED) is 0.520. The lowest BCUT2D eigenvalue weighted by molar-refractivity contribution is -0.132. The van der Waals surface area contributed by atoms with Crippen LogP contribution in [0, 0.1) is 0 Å². The summed E-state index contributed by atoms with van der Waals surface area (Å²) in [5, 5.41) is 2.61. The van der Waals surface area contributed by atoms with Crippen molar-refractivity contribution in [2.75, 3.05) is 13.1 Å². The highest BCUT2D eigenvalue weighted by molar-refractivity contribution is 5.85. The Labute approximate surface area is 58.2 Å². The number of primary amides is 1. The van der Waals surface area contributed by atoms with Crippen LogP contribution in [0.25, 0.3) is 0 Å². The van der Waals surface area contributed by atoms with Gasteiger partial charge in [0.05, 0.1) is 0 Å². The van der Waals surface area contributed by atoms with E-state index in [0.29, 0.717) is 0 Å². The topological polar surface area (TPSA) is 55.1 Å². The average Bonchev–Trinajstić information content (AvgIpc) is 1.60. The van der Waals surface area contributed by atoms with Crippen molar-refractivity contribution in [1.82, 2.24) is 5.32 Å². The number of carbonyl (C=O) groups excluding carboxylic acids is 1. The Balaban J connectivity index is 0.000000640. The standard InChI is InChI=1S/C4H7FN2O.ClH/c5-4(3(6)8)1-7-2-4;/h7H,1-2H2,(H2,6,8);1H. The number of nitrogens with one attached hydrogen (secondary N) is 1. The van der Waals surface area contributed by atoms with Crippen molar-refractivity contribution in [2.45, 2.75) is 5.67 Å². The van der Waals surface area contributed by atoms with Crippen LogP contribution < -0.4 is 11.1 Å². The van der Waals surface area contributed by atoms with Crippen molar-refractivity contribution in [3.05, 3.63) is 0 Å². The highest BCUT2D eigenvalue weighted by Crippen LogP contribution is 2.14. The number of amides is 1. The lowest BCUT2D eigenvalue weighted by Gasteiger charge is -2.31. The maximum absolute atomic E-state index is 12.5. The van der Waals surface area contributed by atoms with Crippen LogP contribution in [0.15, 0.2) is 0 Å². The molecule has 0 aromatic carbocycles. The molecule has 3 nitrogen and oxygen atoms in total. The molecule has 1 fully saturated rings. The molecule has 0 aliphatic carbocycles. The smallest absolute Gasteiger partial charge is 0.257 e. The van der Waals surface area contributed by atoms with E-state index < -0.39 is 11.6 Å². The van der Waals surface area contributed by atoms with Crippen LogP contribution >= 0.6 is 12.4 Å². The second-order valence-electron chi connectivity index (χ2n) is 1.93. The van der Waals surface area contributed by atoms with E-state index in [9.17, 15) is 9.18 Å². The van der Waals surface area contributed by atoms with Crippen LogP contribution in [-0.4, -0.2) is 24.7 Å². The zero-order valence-electron chi connectivity index (χ0n) is 4.69. The van der Waals surface area contributed by atoms with Crippen LogP contribution in [0.2, 0.25) is 0 Å². The summed E-state index contributed by atoms with van der Waals surface area (Å²) in [7, 11) is 0. The van der Waals surface area contributed by atoms with E-state index in [4.69, 9.17) is 0 Å². The molecule has 54 valence electrons. The summed E-state index contributed by atoms with van der Waals surface area (Å²) in [4.78, 5) is 10.1. The summed E-state index contributed by atoms with van der Waals surface area (Å²) in [6.07, 6.45) is 0. The first-order valence-corrected chi connectivity index (χ1v) is 2.35. The number of hydrogen-bond donors (Lipinski definition) is 2. The third-order valence-corrected chi connectivity index (χ3v) is 1.25. The Kier molecular flexibility index (Phi) is 2.40. The molecular formula is C4H8ClFN2O. The maximum atomic E-state index is 12.5. The molecule has 5 heteroatoms. The van der Waals surface area contributed by atoms with Crippen LogP contribution in [0.5, 0.6) is 0 Å². The number of alkyl halides is 1. The van der Waals surface area contributed by atoms with Crippen molar-refractivity contribution in [3.8, 4) is 0 Å². The summed E-state index contributed by atoms with van der Waals surface area (Å²) in [5.74, 6) is -0.865. The third-order valence-electron chi connectivity index (χ3n) is 1.25. The highest BCUT2D eigenvalue weighted by Gasteiger charge is 2.42. The van der Waals surface area contributed by atoms with E-state index >= 15 is 0 Å². The molecule has 1 amide bonds. The molecule has 1 aliphatic rings. The molecule has 0 aromatic rings. The molecule has 1 saturated heterocycles. The summed E-state index contributed by atoms with van der Waals surface area (Å²) in [6, 6.07) is 0. The van der Waals surface area contributed by atoms with E-state index in [1.54, 1.807) is 0 Å². The van der Waals surface area contributed by atoms with E-state index in [1.807, 2.05) is 0 Å². The second kappa shape index (κ2) is 2.49. The second-order valence-corrected chi connectivity index (χ2v) is 1.93. The Hall–Kier alpha value is -0.350. The van der Waals surface area contributed by atoms with Gasteiger partial charge in [-0.15, -0.1) is 12.4 Å². The first kappa shape index (κ1) is 8.65. The molecule has 3 N–H and O–H groups in total. The predicted molar refractivity (Wildman–Crippen MR) is 33.2 cm³/mol. The zero-order valence-corrected chi connectivity index (χ0v) is 5.50. The normalized spacial score (nSPS) is 21.4. The van der Waals surface area contributed by atoms with Crippen molar-refractivity contribution in [3.63, 3.8) is 0 Å². The number of rotatable bonds is 1. The lowest BCUT2D eigenvalue weighted by Crippen LogP contribution is -2.63. The number of hydrogen-bond acceptors (Lipinski definition) is 2. The van der Waals surface area contributed by atoms with Crippen LogP contribution in [0.3, 0.4) is 0 Å². The van der Waals surface area contributed by atoms with Gasteiger partial charge >= 0.3 is 0 Å². The van der Waals surface area contributed by atoms with Gasteiger partial charge in [-0.25, -0.2) is 4.39 Å². The highest BCUT2D eigenvalue weighted by atomic mass is 35.5. The fourth-order valence-electron chi connectivity index (χ4n) is 0.519. The van der Waals surface area contributed by atoms with Gasteiger partial charge in [-0.3, -0.25) is 4.79 Å². The van der Waals surface area contributed by atoms with Gasteiger partial charge in [-0.1, -0.05) is 0 Å². The molecule has 0 spiro atoms. The number of halogens is 2. The fourth-order valence-corrected chi connectivity index (χ4v) is 0.519. The van der Waals surface area contributed by atoms with Gasteiger partial charge < -0.3 is 11.1 Å². The molecule has 0 radical (unpaired) electrons. The average molecular weight is 155 g/mol. The largest absolute Gasteiger partial charge is 0.367 e. The van der Waals surface area contributed by atoms with Crippen LogP contribution in [0.4, 0.5) is 4.39 Å². The zero-order chi connectivity index (χ0) is 6.20. The minimum Gasteiger partial charge on any atom is -0.367 e. The summed E-state index contributed by atoms with van der Waals surface area (Å²) >= 11 is 0. The van der Waals surface area contributed by atoms with Gasteiger partial charge in [0.15, 0.2) is 0 Å². The van der Waals surface area contributed by atoms with E-state index in [0.717, 1.165) is 0 Å². The van der Waals surface area contributed by atoms with Gasteiger partial charge in [0.1, 0.15) is 0 Å². The van der Waals surface area contributed by atoms with Gasteiger partial charge in [0, 0.05) is 13.1 Å². The van der Waals surface area contributed by atoms with Gasteiger partial charge in [0.25, 0.3) is 5.91 Å². The fraction of sp³-hybridized carbons (Fsp3) is 0.750. The minimum atomic E-state index is -1.75. The number of carbonyl (C=O) groups is 1. The minimum absolute atomic E-state index is 0. The van der Waals surface area contributed by atoms with Crippen molar-refractivity contribution in [1.29, 1.82) is 0 Å². The van der Waals surface area contributed by atoms with Gasteiger partial charge in [-0.2, -0.15) is 0 Å². The molecule has 1 aliphatic heterocycles. The molecule has 0 unspecified atom stereocenters. The van der Waals surface area contributed by atoms with Crippen molar-refractivity contribution < 1.29 is 9.18 Å². The van der Waals surface area contributed by atoms with E-state index in [-0.39, 0.29) is 25.5 Å². The Morgan fingerprint density at radius 3 is 2.11 bits per heavy atom. The van der Waals surface area contributed by atoms with E-state index in [1.165, 1.54) is 0 Å². The third kappa shape index (κ3) is 1.31. The maximum Gasteiger partial charge on any atom is 0.257 e. The van der Waals surface area contributed by atoms with Gasteiger partial charge in [0.2, 0.25) is 5.67 Å². The lowest BCUT2D eigenvalue weighted by atomic mass is 9.99. The predicted octanol–water partition coefficient (Wildman–Crippen LogP) is -0.795. The Bertz CT molecular complexity index is 126. The molecule has 0 saturated carbocycles. The first-order valence-electron chi connectivity index (χ1n) is 2.35. The molecule has 0 aromatic heterocycles. The molecular weight excluding hydrogens is 147 g/mol. The Morgan fingerprint density at radius 1 is 1.67 bits per heavy atom. The number of nitrogens with two attached hydrogens (primary N) is 1. The SMILES string of the molecule is Cl.NC(=O)C1(F)CNC1. The first-order chi connectivity index (χ1) is 3.65. The molecule has 0 atom stereocenters. The van der Waals surface area contributed by atoms with Crippen molar-refractivity contribution >= 4 is 18.3 Å². The van der Waals surface area contributed by atoms with Crippen molar-refractivity contribution in [2.24, 2.45) is 5.73 Å². The molecule has 9 heavy (non-hydrogen) atoms. The summed E-state index contributed by atoms with van der Waals surface area (Å²) in [6.45, 7) is 0.144. The molecule has 0 bridgehead atoms. The van der Waals surface area contributed by atoms with E-state index in [2.05, 4.69) is 11.1 Å². The van der Waals surface area contributed by atoms with Gasteiger partial charge in [-0.05, 0) is 0 Å². The monoisotopic (exact) mass is 154 g/mol. The summed E-state index contributed by atoms with van der Waals surface area (Å²) in [5.41, 5.74) is 2.93. The molecule has 1 rings (SSSR count). The van der Waals surface area contributed by atoms with Crippen LogP contribution in [0.1, 0.15) is 0 Å². The summed E-state index contributed by atoms with van der Waals surface area (Å²) < 4.78 is 12.5. The Morgan fingerprint density at radius 2 is 2.11 bits per heavy atom. The van der Waals surface area contributed by atoms with Crippen LogP contribution in [-0.2, 0) is 4.79 Å².